The minimum absolute atomic E-state index is 0.00551. The second kappa shape index (κ2) is 10.4. The van der Waals surface area contributed by atoms with Crippen molar-refractivity contribution in [2.75, 3.05) is 39.3 Å². The Labute approximate surface area is 134 Å². The van der Waals surface area contributed by atoms with Crippen molar-refractivity contribution in [2.45, 2.75) is 40.0 Å². The summed E-state index contributed by atoms with van der Waals surface area (Å²) in [5, 5.41) is 9.06. The maximum absolute atomic E-state index is 12.1. The van der Waals surface area contributed by atoms with Crippen LogP contribution in [0.25, 0.3) is 0 Å². The summed E-state index contributed by atoms with van der Waals surface area (Å²) in [6.45, 7) is 10.8. The van der Waals surface area contributed by atoms with Gasteiger partial charge in [-0.1, -0.05) is 20.8 Å². The van der Waals surface area contributed by atoms with E-state index in [0.29, 0.717) is 32.0 Å². The third kappa shape index (κ3) is 7.64. The molecular weight excluding hydrogens is 280 g/mol. The number of nitrogens with zero attached hydrogens (tertiary/aromatic N) is 1. The van der Waals surface area contributed by atoms with Crippen LogP contribution in [-0.4, -0.2) is 56.1 Å². The lowest BCUT2D eigenvalue weighted by Crippen LogP contribution is -2.47. The van der Waals surface area contributed by atoms with Crippen LogP contribution in [0.4, 0.5) is 4.79 Å². The van der Waals surface area contributed by atoms with Gasteiger partial charge in [-0.3, -0.25) is 4.79 Å². The predicted molar refractivity (Wildman–Crippen MR) is 88.7 cm³/mol. The van der Waals surface area contributed by atoms with Crippen molar-refractivity contribution in [3.8, 4) is 0 Å². The van der Waals surface area contributed by atoms with Crippen LogP contribution >= 0.6 is 0 Å². The van der Waals surface area contributed by atoms with Gasteiger partial charge in [0.25, 0.3) is 0 Å². The SMILES string of the molecule is CCNCCNC(=O)CC1CCCN(C(=O)NCC(C)C)C1. The average molecular weight is 312 g/mol. The Morgan fingerprint density at radius 2 is 2.00 bits per heavy atom. The summed E-state index contributed by atoms with van der Waals surface area (Å²) in [6, 6.07) is 0.00551. The molecule has 3 N–H and O–H groups in total. The van der Waals surface area contributed by atoms with Crippen molar-refractivity contribution in [3.05, 3.63) is 0 Å². The van der Waals surface area contributed by atoms with Crippen molar-refractivity contribution in [1.82, 2.24) is 20.9 Å². The molecule has 6 nitrogen and oxygen atoms in total. The van der Waals surface area contributed by atoms with E-state index in [1.165, 1.54) is 0 Å². The van der Waals surface area contributed by atoms with E-state index in [1.54, 1.807) is 0 Å². The van der Waals surface area contributed by atoms with Crippen LogP contribution in [0.2, 0.25) is 0 Å². The number of carbonyl (C=O) groups excluding carboxylic acids is 2. The molecule has 0 aromatic heterocycles. The Morgan fingerprint density at radius 1 is 1.23 bits per heavy atom. The van der Waals surface area contributed by atoms with Crippen molar-refractivity contribution < 1.29 is 9.59 Å². The van der Waals surface area contributed by atoms with Gasteiger partial charge < -0.3 is 20.9 Å². The van der Waals surface area contributed by atoms with Gasteiger partial charge in [-0.25, -0.2) is 4.79 Å². The maximum Gasteiger partial charge on any atom is 0.317 e. The van der Waals surface area contributed by atoms with E-state index in [0.717, 1.165) is 32.5 Å². The summed E-state index contributed by atoms with van der Waals surface area (Å²) < 4.78 is 0. The number of hydrogen-bond acceptors (Lipinski definition) is 3. The molecule has 0 aliphatic carbocycles. The van der Waals surface area contributed by atoms with E-state index < -0.39 is 0 Å². The highest BCUT2D eigenvalue weighted by molar-refractivity contribution is 5.77. The molecule has 0 bridgehead atoms. The fourth-order valence-electron chi connectivity index (χ4n) is 2.62. The lowest BCUT2D eigenvalue weighted by molar-refractivity contribution is -0.122. The monoisotopic (exact) mass is 312 g/mol. The third-order valence-corrected chi connectivity index (χ3v) is 3.82. The van der Waals surface area contributed by atoms with Gasteiger partial charge in [-0.15, -0.1) is 0 Å². The number of amides is 3. The summed E-state index contributed by atoms with van der Waals surface area (Å²) >= 11 is 0. The molecule has 0 aromatic rings. The van der Waals surface area contributed by atoms with Crippen molar-refractivity contribution in [1.29, 1.82) is 0 Å². The normalized spacial score (nSPS) is 18.4. The standard InChI is InChI=1S/C16H32N4O2/c1-4-17-7-8-18-15(21)10-14-6-5-9-20(12-14)16(22)19-11-13(2)3/h13-14,17H,4-12H2,1-3H3,(H,18,21)(H,19,22). The Hall–Kier alpha value is -1.30. The summed E-state index contributed by atoms with van der Waals surface area (Å²) in [4.78, 5) is 25.8. The molecule has 3 amide bonds. The molecule has 22 heavy (non-hydrogen) atoms. The molecule has 1 aliphatic heterocycles. The fraction of sp³-hybridized carbons (Fsp3) is 0.875. The highest BCUT2D eigenvalue weighted by Crippen LogP contribution is 2.19. The second-order valence-electron chi connectivity index (χ2n) is 6.44. The Balaban J connectivity index is 2.27. The smallest absolute Gasteiger partial charge is 0.317 e. The van der Waals surface area contributed by atoms with E-state index in [2.05, 4.69) is 29.8 Å². The minimum atomic E-state index is 0.00551. The van der Waals surface area contributed by atoms with E-state index in [9.17, 15) is 9.59 Å². The molecule has 6 heteroatoms. The van der Waals surface area contributed by atoms with Crippen molar-refractivity contribution in [2.24, 2.45) is 11.8 Å². The van der Waals surface area contributed by atoms with Crippen molar-refractivity contribution in [3.63, 3.8) is 0 Å². The highest BCUT2D eigenvalue weighted by atomic mass is 16.2. The zero-order valence-electron chi connectivity index (χ0n) is 14.3. The van der Waals surface area contributed by atoms with E-state index >= 15 is 0 Å². The molecule has 0 aromatic carbocycles. The Morgan fingerprint density at radius 3 is 2.68 bits per heavy atom. The fourth-order valence-corrected chi connectivity index (χ4v) is 2.62. The van der Waals surface area contributed by atoms with Crippen LogP contribution in [0.1, 0.15) is 40.0 Å². The first-order valence-electron chi connectivity index (χ1n) is 8.53. The topological polar surface area (TPSA) is 73.5 Å². The predicted octanol–water partition coefficient (Wildman–Crippen LogP) is 1.18. The van der Waals surface area contributed by atoms with Crippen LogP contribution in [-0.2, 0) is 4.79 Å². The molecule has 1 saturated heterocycles. The van der Waals surface area contributed by atoms with Crippen molar-refractivity contribution >= 4 is 11.9 Å². The summed E-state index contributed by atoms with van der Waals surface area (Å²) in [6.07, 6.45) is 2.51. The molecule has 128 valence electrons. The Bertz CT molecular complexity index is 347. The zero-order valence-corrected chi connectivity index (χ0v) is 14.3. The maximum atomic E-state index is 12.1. The summed E-state index contributed by atoms with van der Waals surface area (Å²) in [5.74, 6) is 0.817. The number of urea groups is 1. The number of likely N-dealkylation sites (N-methyl/N-ethyl adjacent to an activating group) is 1. The third-order valence-electron chi connectivity index (χ3n) is 3.82. The average Bonchev–Trinajstić information content (AvgIpc) is 2.49. The number of rotatable bonds is 8. The second-order valence-corrected chi connectivity index (χ2v) is 6.44. The molecule has 1 fully saturated rings. The molecule has 1 atom stereocenters. The van der Waals surface area contributed by atoms with E-state index in [1.807, 2.05) is 11.8 Å². The van der Waals surface area contributed by atoms with Crippen LogP contribution in [0.3, 0.4) is 0 Å². The molecule has 0 radical (unpaired) electrons. The van der Waals surface area contributed by atoms with E-state index in [4.69, 9.17) is 0 Å². The number of nitrogens with one attached hydrogen (secondary N) is 3. The highest BCUT2D eigenvalue weighted by Gasteiger charge is 2.25. The Kier molecular flexibility index (Phi) is 8.89. The molecule has 1 rings (SSSR count). The van der Waals surface area contributed by atoms with Gasteiger partial charge in [0.1, 0.15) is 0 Å². The summed E-state index contributed by atoms with van der Waals surface area (Å²) in [5.41, 5.74) is 0. The first kappa shape index (κ1) is 18.7. The van der Waals surface area contributed by atoms with Gasteiger partial charge >= 0.3 is 6.03 Å². The zero-order chi connectivity index (χ0) is 16.4. The van der Waals surface area contributed by atoms with Gasteiger partial charge in [0, 0.05) is 39.1 Å². The summed E-state index contributed by atoms with van der Waals surface area (Å²) in [7, 11) is 0. The van der Waals surface area contributed by atoms with Gasteiger partial charge in [0.05, 0.1) is 0 Å². The number of hydrogen-bond donors (Lipinski definition) is 3. The first-order valence-corrected chi connectivity index (χ1v) is 8.53. The molecule has 0 saturated carbocycles. The molecule has 1 aliphatic rings. The van der Waals surface area contributed by atoms with Gasteiger partial charge in [0.15, 0.2) is 0 Å². The molecule has 0 spiro atoms. The molecule has 1 heterocycles. The van der Waals surface area contributed by atoms with Crippen LogP contribution in [0, 0.1) is 11.8 Å². The van der Waals surface area contributed by atoms with Crippen LogP contribution < -0.4 is 16.0 Å². The molecule has 1 unspecified atom stereocenters. The lowest BCUT2D eigenvalue weighted by Gasteiger charge is -2.32. The van der Waals surface area contributed by atoms with Crippen LogP contribution in [0.15, 0.2) is 0 Å². The van der Waals surface area contributed by atoms with Gasteiger partial charge in [-0.05, 0) is 31.2 Å². The largest absolute Gasteiger partial charge is 0.355 e. The number of piperidine rings is 1. The first-order chi connectivity index (χ1) is 10.5. The lowest BCUT2D eigenvalue weighted by atomic mass is 9.94. The van der Waals surface area contributed by atoms with E-state index in [-0.39, 0.29) is 17.9 Å². The van der Waals surface area contributed by atoms with Gasteiger partial charge in [-0.2, -0.15) is 0 Å². The molecular formula is C16H32N4O2. The number of likely N-dealkylation sites (tertiary alicyclic amines) is 1. The van der Waals surface area contributed by atoms with Crippen LogP contribution in [0.5, 0.6) is 0 Å². The van der Waals surface area contributed by atoms with Gasteiger partial charge in [0.2, 0.25) is 5.91 Å². The quantitative estimate of drug-likeness (QED) is 0.589. The number of carbonyl (C=O) groups is 2. The minimum Gasteiger partial charge on any atom is -0.355 e.